The summed E-state index contributed by atoms with van der Waals surface area (Å²) in [5, 5.41) is 0. The number of benzene rings is 2. The second-order valence-electron chi connectivity index (χ2n) is 4.69. The summed E-state index contributed by atoms with van der Waals surface area (Å²) in [6.07, 6.45) is 0.370. The van der Waals surface area contributed by atoms with Gasteiger partial charge in [-0.3, -0.25) is 0 Å². The minimum absolute atomic E-state index is 0.177. The molecule has 2 heteroatoms. The first-order valence-corrected chi connectivity index (χ1v) is 6.75. The van der Waals surface area contributed by atoms with Gasteiger partial charge in [0.15, 0.2) is 0 Å². The highest BCUT2D eigenvalue weighted by Gasteiger charge is 2.39. The van der Waals surface area contributed by atoms with Gasteiger partial charge in [-0.25, -0.2) is 0 Å². The van der Waals surface area contributed by atoms with Crippen LogP contribution in [0.15, 0.2) is 60.7 Å². The molecule has 2 aromatic rings. The lowest BCUT2D eigenvalue weighted by Crippen LogP contribution is -2.02. The Labute approximate surface area is 119 Å². The standard InChI is InChI=1S/C18H16O2/c1-3-8-15(9-4-1)10-7-13-19-14-17-18(20-17)16-11-5-2-6-12-16/h1-6,8-9,11-12,17-18H,13-14H2/t17-,18-/m1/s1. The molecular weight excluding hydrogens is 248 g/mol. The van der Waals surface area contributed by atoms with Crippen LogP contribution in [-0.4, -0.2) is 19.3 Å². The number of rotatable bonds is 4. The molecule has 2 aromatic carbocycles. The van der Waals surface area contributed by atoms with Crippen LogP contribution in [0.2, 0.25) is 0 Å². The molecule has 0 amide bonds. The van der Waals surface area contributed by atoms with E-state index in [1.165, 1.54) is 5.56 Å². The second kappa shape index (κ2) is 6.38. The Kier molecular flexibility index (Phi) is 4.13. The maximum atomic E-state index is 5.59. The van der Waals surface area contributed by atoms with Crippen LogP contribution in [0.4, 0.5) is 0 Å². The van der Waals surface area contributed by atoms with Crippen LogP contribution in [0.3, 0.4) is 0 Å². The summed E-state index contributed by atoms with van der Waals surface area (Å²) < 4.78 is 11.1. The van der Waals surface area contributed by atoms with Crippen molar-refractivity contribution in [1.29, 1.82) is 0 Å². The Morgan fingerprint density at radius 1 is 0.950 bits per heavy atom. The molecule has 2 atom stereocenters. The van der Waals surface area contributed by atoms with Crippen molar-refractivity contribution >= 4 is 0 Å². The first-order valence-electron chi connectivity index (χ1n) is 6.75. The summed E-state index contributed by atoms with van der Waals surface area (Å²) >= 11 is 0. The first-order chi connectivity index (χ1) is 9.93. The molecule has 0 aliphatic carbocycles. The van der Waals surface area contributed by atoms with Crippen molar-refractivity contribution < 1.29 is 9.47 Å². The van der Waals surface area contributed by atoms with E-state index >= 15 is 0 Å². The van der Waals surface area contributed by atoms with E-state index in [0.29, 0.717) is 13.2 Å². The van der Waals surface area contributed by atoms with Gasteiger partial charge in [-0.05, 0) is 17.7 Å². The first kappa shape index (κ1) is 12.9. The van der Waals surface area contributed by atoms with Gasteiger partial charge < -0.3 is 9.47 Å². The molecule has 0 aromatic heterocycles. The van der Waals surface area contributed by atoms with Gasteiger partial charge >= 0.3 is 0 Å². The molecule has 3 rings (SSSR count). The summed E-state index contributed by atoms with van der Waals surface area (Å²) in [6.45, 7) is 1.04. The van der Waals surface area contributed by atoms with Crippen LogP contribution >= 0.6 is 0 Å². The largest absolute Gasteiger partial charge is 0.366 e. The van der Waals surface area contributed by atoms with Crippen LogP contribution < -0.4 is 0 Å². The number of ether oxygens (including phenoxy) is 2. The predicted octanol–water partition coefficient (Wildman–Crippen LogP) is 3.19. The van der Waals surface area contributed by atoms with Crippen molar-refractivity contribution in [2.24, 2.45) is 0 Å². The molecule has 1 aliphatic rings. The molecular formula is C18H16O2. The Morgan fingerprint density at radius 3 is 2.40 bits per heavy atom. The maximum absolute atomic E-state index is 5.59. The highest BCUT2D eigenvalue weighted by atomic mass is 16.6. The minimum Gasteiger partial charge on any atom is -0.366 e. The molecule has 1 heterocycles. The van der Waals surface area contributed by atoms with Crippen molar-refractivity contribution in [3.05, 3.63) is 71.8 Å². The molecule has 0 unspecified atom stereocenters. The monoisotopic (exact) mass is 264 g/mol. The van der Waals surface area contributed by atoms with E-state index in [4.69, 9.17) is 9.47 Å². The molecule has 20 heavy (non-hydrogen) atoms. The third kappa shape index (κ3) is 3.48. The van der Waals surface area contributed by atoms with E-state index in [1.54, 1.807) is 0 Å². The fraction of sp³-hybridized carbons (Fsp3) is 0.222. The van der Waals surface area contributed by atoms with Crippen molar-refractivity contribution in [2.45, 2.75) is 12.2 Å². The normalized spacial score (nSPS) is 20.0. The highest BCUT2D eigenvalue weighted by Crippen LogP contribution is 2.38. The zero-order chi connectivity index (χ0) is 13.6. The van der Waals surface area contributed by atoms with E-state index in [1.807, 2.05) is 48.5 Å². The van der Waals surface area contributed by atoms with E-state index < -0.39 is 0 Å². The Balaban J connectivity index is 1.39. The van der Waals surface area contributed by atoms with E-state index in [0.717, 1.165) is 5.56 Å². The lowest BCUT2D eigenvalue weighted by Gasteiger charge is -1.96. The number of hydrogen-bond donors (Lipinski definition) is 0. The summed E-state index contributed by atoms with van der Waals surface area (Å²) in [5.41, 5.74) is 2.23. The summed E-state index contributed by atoms with van der Waals surface area (Å²) in [6, 6.07) is 20.2. The van der Waals surface area contributed by atoms with Gasteiger partial charge in [0.2, 0.25) is 0 Å². The molecule has 1 aliphatic heterocycles. The van der Waals surface area contributed by atoms with E-state index in [-0.39, 0.29) is 12.2 Å². The van der Waals surface area contributed by atoms with Crippen molar-refractivity contribution in [3.63, 3.8) is 0 Å². The highest BCUT2D eigenvalue weighted by molar-refractivity contribution is 5.33. The van der Waals surface area contributed by atoms with Crippen molar-refractivity contribution in [2.75, 3.05) is 13.2 Å². The Bertz CT molecular complexity index is 596. The lowest BCUT2D eigenvalue weighted by molar-refractivity contribution is 0.145. The number of epoxide rings is 1. The fourth-order valence-corrected chi connectivity index (χ4v) is 2.09. The molecule has 0 N–H and O–H groups in total. The summed E-state index contributed by atoms with van der Waals surface area (Å²) in [5.74, 6) is 6.08. The van der Waals surface area contributed by atoms with Gasteiger partial charge in [0, 0.05) is 5.56 Å². The van der Waals surface area contributed by atoms with Gasteiger partial charge in [0.25, 0.3) is 0 Å². The van der Waals surface area contributed by atoms with Crippen LogP contribution in [0.25, 0.3) is 0 Å². The van der Waals surface area contributed by atoms with Gasteiger partial charge in [-0.15, -0.1) is 0 Å². The van der Waals surface area contributed by atoms with Crippen LogP contribution in [0.1, 0.15) is 17.2 Å². The van der Waals surface area contributed by atoms with Crippen LogP contribution in [0, 0.1) is 11.8 Å². The third-order valence-corrected chi connectivity index (χ3v) is 3.17. The molecule has 1 fully saturated rings. The summed E-state index contributed by atoms with van der Waals surface area (Å²) in [7, 11) is 0. The maximum Gasteiger partial charge on any atom is 0.112 e. The van der Waals surface area contributed by atoms with E-state index in [2.05, 4.69) is 24.0 Å². The zero-order valence-corrected chi connectivity index (χ0v) is 11.2. The number of hydrogen-bond acceptors (Lipinski definition) is 2. The quantitative estimate of drug-likeness (QED) is 0.480. The Morgan fingerprint density at radius 2 is 1.65 bits per heavy atom. The van der Waals surface area contributed by atoms with Gasteiger partial charge in [0.05, 0.1) is 6.61 Å². The average molecular weight is 264 g/mol. The Hall–Kier alpha value is -2.08. The second-order valence-corrected chi connectivity index (χ2v) is 4.69. The lowest BCUT2D eigenvalue weighted by atomic mass is 10.1. The molecule has 0 radical (unpaired) electrons. The summed E-state index contributed by atoms with van der Waals surface area (Å²) in [4.78, 5) is 0. The molecule has 0 saturated carbocycles. The minimum atomic E-state index is 0.177. The van der Waals surface area contributed by atoms with Gasteiger partial charge in [-0.2, -0.15) is 0 Å². The van der Waals surface area contributed by atoms with Crippen molar-refractivity contribution in [1.82, 2.24) is 0 Å². The molecule has 1 saturated heterocycles. The van der Waals surface area contributed by atoms with Gasteiger partial charge in [0.1, 0.15) is 18.8 Å². The van der Waals surface area contributed by atoms with Crippen LogP contribution in [0.5, 0.6) is 0 Å². The molecule has 0 bridgehead atoms. The topological polar surface area (TPSA) is 21.8 Å². The third-order valence-electron chi connectivity index (χ3n) is 3.17. The van der Waals surface area contributed by atoms with Crippen molar-refractivity contribution in [3.8, 4) is 11.8 Å². The van der Waals surface area contributed by atoms with Crippen LogP contribution in [-0.2, 0) is 9.47 Å². The smallest absolute Gasteiger partial charge is 0.112 e. The predicted molar refractivity (Wildman–Crippen MR) is 78.2 cm³/mol. The van der Waals surface area contributed by atoms with Gasteiger partial charge in [-0.1, -0.05) is 60.4 Å². The molecule has 100 valence electrons. The van der Waals surface area contributed by atoms with E-state index in [9.17, 15) is 0 Å². The SMILES string of the molecule is C(#Cc1ccccc1)COC[C@H]1O[C@@H]1c1ccccc1. The molecule has 2 nitrogen and oxygen atoms in total. The fourth-order valence-electron chi connectivity index (χ4n) is 2.09. The molecule has 0 spiro atoms. The zero-order valence-electron chi connectivity index (χ0n) is 11.2. The average Bonchev–Trinajstić information content (AvgIpc) is 3.28.